The van der Waals surface area contributed by atoms with Crippen molar-refractivity contribution in [3.63, 3.8) is 0 Å². The Labute approximate surface area is 336 Å². The highest BCUT2D eigenvalue weighted by atomic mass is 28.3. The van der Waals surface area contributed by atoms with Crippen LogP contribution >= 0.6 is 0 Å². The first kappa shape index (κ1) is 40.3. The number of rotatable bonds is 15. The van der Waals surface area contributed by atoms with Gasteiger partial charge in [0, 0.05) is 55.8 Å². The Morgan fingerprint density at radius 3 is 2.49 bits per heavy atom. The number of amides is 2. The Bertz CT molecular complexity index is 2060. The molecule has 2 amide bonds. The predicted molar refractivity (Wildman–Crippen MR) is 220 cm³/mol. The number of unbranched alkanes of at least 4 members (excludes halogenated alkanes) is 1. The second-order valence-corrected chi connectivity index (χ2v) is 20.9. The van der Waals surface area contributed by atoms with E-state index in [0.717, 1.165) is 41.1 Å². The van der Waals surface area contributed by atoms with E-state index in [9.17, 15) is 14.7 Å². The lowest BCUT2D eigenvalue weighted by molar-refractivity contribution is -0.146. The molecule has 13 heteroatoms. The number of hydrogen-bond acceptors (Lipinski definition) is 9. The van der Waals surface area contributed by atoms with Crippen molar-refractivity contribution < 1.29 is 33.7 Å². The number of aliphatic hydroxyl groups excluding tert-OH is 1. The monoisotopic (exact) mass is 793 g/mol. The van der Waals surface area contributed by atoms with Gasteiger partial charge in [0.25, 0.3) is 5.91 Å². The van der Waals surface area contributed by atoms with E-state index in [2.05, 4.69) is 42.5 Å². The summed E-state index contributed by atoms with van der Waals surface area (Å²) in [5, 5.41) is 20.5. The molecular formula is C44H55N5O7Si. The Kier molecular flexibility index (Phi) is 12.0. The van der Waals surface area contributed by atoms with Crippen molar-refractivity contribution in [1.82, 2.24) is 15.0 Å². The fourth-order valence-electron chi connectivity index (χ4n) is 9.58. The van der Waals surface area contributed by atoms with Gasteiger partial charge < -0.3 is 29.1 Å². The highest BCUT2D eigenvalue weighted by Crippen LogP contribution is 2.60. The minimum atomic E-state index is -2.43. The van der Waals surface area contributed by atoms with Crippen LogP contribution in [-0.2, 0) is 36.0 Å². The van der Waals surface area contributed by atoms with Crippen molar-refractivity contribution in [3.05, 3.63) is 95.8 Å². The van der Waals surface area contributed by atoms with E-state index in [0.29, 0.717) is 51.0 Å². The number of methoxy groups -OCH3 is 2. The summed E-state index contributed by atoms with van der Waals surface area (Å²) in [4.78, 5) is 44.1. The Morgan fingerprint density at radius 1 is 1.02 bits per heavy atom. The number of fused-ring (bicyclic) bond motifs is 2. The maximum absolute atomic E-state index is 15.3. The minimum absolute atomic E-state index is 0.000236. The number of piperidine rings is 1. The average Bonchev–Trinajstić information content (AvgIpc) is 3.89. The van der Waals surface area contributed by atoms with Gasteiger partial charge in [-0.1, -0.05) is 72.9 Å². The number of carbonyl (C=O) groups excluding carboxylic acids is 3. The summed E-state index contributed by atoms with van der Waals surface area (Å²) in [6, 6.07) is 24.1. The molecule has 4 heterocycles. The van der Waals surface area contributed by atoms with Gasteiger partial charge >= 0.3 is 5.97 Å². The van der Waals surface area contributed by atoms with Crippen LogP contribution in [0.15, 0.2) is 79.0 Å². The number of aromatic nitrogens is 3. The fourth-order valence-corrected chi connectivity index (χ4v) is 13.6. The zero-order chi connectivity index (χ0) is 40.3. The van der Waals surface area contributed by atoms with Gasteiger partial charge in [-0.2, -0.15) is 0 Å². The molecule has 7 rings (SSSR count). The summed E-state index contributed by atoms with van der Waals surface area (Å²) >= 11 is 0. The van der Waals surface area contributed by atoms with Gasteiger partial charge in [0.2, 0.25) is 5.91 Å². The second kappa shape index (κ2) is 16.9. The number of esters is 1. The molecule has 1 unspecified atom stereocenters. The van der Waals surface area contributed by atoms with Gasteiger partial charge in [-0.25, -0.2) is 0 Å². The average molecular weight is 794 g/mol. The molecule has 3 aliphatic heterocycles. The van der Waals surface area contributed by atoms with Crippen LogP contribution in [0.25, 0.3) is 0 Å². The van der Waals surface area contributed by atoms with Gasteiger partial charge in [0.15, 0.2) is 5.60 Å². The Balaban J connectivity index is 1.26. The van der Waals surface area contributed by atoms with Crippen LogP contribution in [-0.4, -0.2) is 86.0 Å². The normalized spacial score (nSPS) is 22.6. The molecule has 0 bridgehead atoms. The standard InChI is InChI=1S/C44H55N5O7Si/c1-30-42(57(4,5)34-20-18-33(54-2)19-21-34)39(23-26-47-28-37(45-46-47)35(29-50)31-13-7-6-8-14-31)56-44(30)36-27-32(48-24-11-9-15-40(48)51)17-22-38(36)49(43(44)53)25-12-10-16-41(52)55-3/h6-8,13-14,17-22,27-28,30,35,39,42,50H,9-12,15-16,23-26,29H2,1-5H3/t30-,35?,39+,42-,44+/m1/s1. The number of aryl methyl sites for hydroxylation is 1. The third kappa shape index (κ3) is 7.64. The zero-order valence-electron chi connectivity index (χ0n) is 33.7. The molecule has 0 saturated carbocycles. The quantitative estimate of drug-likeness (QED) is 0.0884. The van der Waals surface area contributed by atoms with E-state index >= 15 is 4.79 Å². The molecule has 2 saturated heterocycles. The molecule has 3 aliphatic rings. The van der Waals surface area contributed by atoms with E-state index in [1.807, 2.05) is 81.3 Å². The molecule has 1 N–H and O–H groups in total. The van der Waals surface area contributed by atoms with Gasteiger partial charge in [0.1, 0.15) is 5.75 Å². The number of nitrogens with zero attached hydrogens (tertiary/aromatic N) is 5. The largest absolute Gasteiger partial charge is 0.497 e. The number of aliphatic hydroxyl groups is 1. The van der Waals surface area contributed by atoms with Gasteiger partial charge in [-0.3, -0.25) is 19.1 Å². The lowest BCUT2D eigenvalue weighted by atomic mass is 9.82. The third-order valence-electron chi connectivity index (χ3n) is 12.6. The van der Waals surface area contributed by atoms with Crippen LogP contribution in [0.1, 0.15) is 74.6 Å². The van der Waals surface area contributed by atoms with Crippen LogP contribution in [0.5, 0.6) is 5.75 Å². The maximum atomic E-state index is 15.3. The summed E-state index contributed by atoms with van der Waals surface area (Å²) in [5.41, 5.74) is 2.74. The molecule has 1 spiro atoms. The Morgan fingerprint density at radius 2 is 1.79 bits per heavy atom. The van der Waals surface area contributed by atoms with E-state index in [4.69, 9.17) is 14.2 Å². The molecule has 12 nitrogen and oxygen atoms in total. The molecule has 1 aromatic heterocycles. The zero-order valence-corrected chi connectivity index (χ0v) is 34.7. The number of hydrogen-bond donors (Lipinski definition) is 1. The number of carbonyl (C=O) groups is 3. The molecule has 5 atom stereocenters. The fraction of sp³-hybridized carbons (Fsp3) is 0.477. The van der Waals surface area contributed by atoms with Crippen molar-refractivity contribution in [2.24, 2.45) is 5.92 Å². The van der Waals surface area contributed by atoms with Gasteiger partial charge in [0.05, 0.1) is 52.3 Å². The second-order valence-electron chi connectivity index (χ2n) is 16.2. The summed E-state index contributed by atoms with van der Waals surface area (Å²) in [6.07, 6.45) is 5.92. The van der Waals surface area contributed by atoms with Crippen molar-refractivity contribution in [2.45, 2.75) is 94.7 Å². The molecule has 302 valence electrons. The first-order valence-corrected chi connectivity index (χ1v) is 23.3. The van der Waals surface area contributed by atoms with E-state index in [-0.39, 0.29) is 54.3 Å². The van der Waals surface area contributed by atoms with E-state index in [1.54, 1.807) is 7.11 Å². The third-order valence-corrected chi connectivity index (χ3v) is 17.0. The molecule has 57 heavy (non-hydrogen) atoms. The number of ether oxygens (including phenoxy) is 3. The number of anilines is 2. The predicted octanol–water partition coefficient (Wildman–Crippen LogP) is 5.92. The van der Waals surface area contributed by atoms with Crippen LogP contribution < -0.4 is 19.7 Å². The summed E-state index contributed by atoms with van der Waals surface area (Å²) in [5.74, 6) is -0.0276. The maximum Gasteiger partial charge on any atom is 0.305 e. The summed E-state index contributed by atoms with van der Waals surface area (Å²) < 4.78 is 19.6. The van der Waals surface area contributed by atoms with Crippen LogP contribution in [0.4, 0.5) is 11.4 Å². The summed E-state index contributed by atoms with van der Waals surface area (Å²) in [7, 11) is 0.626. The molecule has 2 fully saturated rings. The van der Waals surface area contributed by atoms with Gasteiger partial charge in [-0.05, 0) is 73.5 Å². The first-order chi connectivity index (χ1) is 27.5. The summed E-state index contributed by atoms with van der Waals surface area (Å²) in [6.45, 7) is 8.35. The first-order valence-electron chi connectivity index (χ1n) is 20.2. The number of benzene rings is 3. The van der Waals surface area contributed by atoms with Gasteiger partial charge in [-0.15, -0.1) is 5.10 Å². The van der Waals surface area contributed by atoms with Crippen molar-refractivity contribution in [3.8, 4) is 5.75 Å². The Hall–Kier alpha value is -4.85. The molecule has 0 aliphatic carbocycles. The highest BCUT2D eigenvalue weighted by molar-refractivity contribution is 6.91. The van der Waals surface area contributed by atoms with Crippen LogP contribution in [0.2, 0.25) is 18.6 Å². The highest BCUT2D eigenvalue weighted by Gasteiger charge is 2.66. The smallest absolute Gasteiger partial charge is 0.305 e. The lowest BCUT2D eigenvalue weighted by Crippen LogP contribution is -2.52. The van der Waals surface area contributed by atoms with E-state index < -0.39 is 13.7 Å². The minimum Gasteiger partial charge on any atom is -0.497 e. The van der Waals surface area contributed by atoms with Crippen LogP contribution in [0.3, 0.4) is 0 Å². The van der Waals surface area contributed by atoms with Crippen molar-refractivity contribution in [1.29, 1.82) is 0 Å². The molecule has 4 aromatic rings. The topological polar surface area (TPSA) is 136 Å². The molecular weight excluding hydrogens is 739 g/mol. The molecule has 0 radical (unpaired) electrons. The lowest BCUT2D eigenvalue weighted by Gasteiger charge is -2.37. The SMILES string of the molecule is COC(=O)CCCCN1C(=O)[C@@]2(O[C@@H](CCn3cc(C(CO)c4ccccc4)nn3)[C@H]([Si](C)(C)c3ccc(OC)cc3)[C@H]2C)c2cc(N3CCCCC3=O)ccc21. The van der Waals surface area contributed by atoms with Crippen LogP contribution in [0, 0.1) is 5.92 Å². The van der Waals surface area contributed by atoms with Crippen molar-refractivity contribution in [2.75, 3.05) is 43.7 Å². The van der Waals surface area contributed by atoms with Crippen molar-refractivity contribution >= 4 is 42.4 Å². The molecule has 3 aromatic carbocycles. The van der Waals surface area contributed by atoms with E-state index in [1.165, 1.54) is 12.3 Å².